The number of fused-ring (bicyclic) bond motifs is 3. The third-order valence-corrected chi connectivity index (χ3v) is 4.69. The number of nitro groups is 1. The lowest BCUT2D eigenvalue weighted by molar-refractivity contribution is -0.384. The SMILES string of the molecule is Cc1ccc2[nH]c3nc(N/N=C\c4ccc(-c5cccc([N+](=O)[O-])c5)o4)nnc3c2c1. The minimum atomic E-state index is -0.447. The summed E-state index contributed by atoms with van der Waals surface area (Å²) in [5.74, 6) is 1.19. The van der Waals surface area contributed by atoms with Gasteiger partial charge in [-0.05, 0) is 31.2 Å². The Labute approximate surface area is 174 Å². The number of hydrogen-bond acceptors (Lipinski definition) is 8. The Morgan fingerprint density at radius 3 is 2.94 bits per heavy atom. The summed E-state index contributed by atoms with van der Waals surface area (Å²) in [4.78, 5) is 18.1. The third kappa shape index (κ3) is 3.57. The van der Waals surface area contributed by atoms with Crippen molar-refractivity contribution in [2.75, 3.05) is 5.43 Å². The molecule has 0 saturated heterocycles. The quantitative estimate of drug-likeness (QED) is 0.247. The molecule has 152 valence electrons. The number of nitrogens with one attached hydrogen (secondary N) is 2. The van der Waals surface area contributed by atoms with Crippen molar-refractivity contribution in [3.05, 3.63) is 76.0 Å². The van der Waals surface area contributed by atoms with Crippen LogP contribution in [0.5, 0.6) is 0 Å². The predicted octanol–water partition coefficient (Wildman–Crippen LogP) is 4.43. The number of aromatic amines is 1. The van der Waals surface area contributed by atoms with E-state index in [9.17, 15) is 10.1 Å². The number of aryl methyl sites for hydroxylation is 1. The number of anilines is 1. The second-order valence-electron chi connectivity index (χ2n) is 6.89. The van der Waals surface area contributed by atoms with E-state index in [2.05, 4.69) is 30.7 Å². The Morgan fingerprint density at radius 1 is 1.16 bits per heavy atom. The van der Waals surface area contributed by atoms with E-state index in [1.165, 1.54) is 18.3 Å². The largest absolute Gasteiger partial charge is 0.455 e. The molecule has 0 aliphatic carbocycles. The number of hydrazone groups is 1. The fourth-order valence-corrected chi connectivity index (χ4v) is 3.24. The van der Waals surface area contributed by atoms with Gasteiger partial charge in [-0.15, -0.1) is 10.2 Å². The van der Waals surface area contributed by atoms with Gasteiger partial charge < -0.3 is 9.40 Å². The van der Waals surface area contributed by atoms with E-state index in [4.69, 9.17) is 4.42 Å². The Hall–Kier alpha value is -4.60. The standard InChI is InChI=1S/C21H15N7O3/c1-12-5-7-17-16(9-12)19-20(23-17)24-21(27-25-19)26-22-11-15-6-8-18(31-15)13-3-2-4-14(10-13)28(29)30/h2-11H,1H3,(H2,23,24,26,27)/b22-11-. The van der Waals surface area contributed by atoms with Crippen LogP contribution in [0.15, 0.2) is 64.1 Å². The first kappa shape index (κ1) is 18.4. The highest BCUT2D eigenvalue weighted by molar-refractivity contribution is 6.03. The number of aromatic nitrogens is 4. The topological polar surface area (TPSA) is 135 Å². The van der Waals surface area contributed by atoms with Crippen LogP contribution in [0.2, 0.25) is 0 Å². The first-order valence-corrected chi connectivity index (χ1v) is 9.33. The summed E-state index contributed by atoms with van der Waals surface area (Å²) in [6.07, 6.45) is 1.46. The number of nitrogens with zero attached hydrogens (tertiary/aromatic N) is 5. The molecule has 5 rings (SSSR count). The van der Waals surface area contributed by atoms with Crippen molar-refractivity contribution in [3.8, 4) is 11.3 Å². The maximum atomic E-state index is 10.9. The number of furan rings is 1. The number of H-pyrrole nitrogens is 1. The molecule has 0 saturated carbocycles. The highest BCUT2D eigenvalue weighted by Crippen LogP contribution is 2.26. The van der Waals surface area contributed by atoms with Gasteiger partial charge >= 0.3 is 0 Å². The van der Waals surface area contributed by atoms with Crippen molar-refractivity contribution in [3.63, 3.8) is 0 Å². The lowest BCUT2D eigenvalue weighted by Gasteiger charge is -1.97. The van der Waals surface area contributed by atoms with Gasteiger partial charge in [0.15, 0.2) is 5.65 Å². The van der Waals surface area contributed by atoms with Gasteiger partial charge in [-0.25, -0.2) is 5.43 Å². The summed E-state index contributed by atoms with van der Waals surface area (Å²) >= 11 is 0. The lowest BCUT2D eigenvalue weighted by atomic mass is 10.1. The Kier molecular flexibility index (Phi) is 4.36. The van der Waals surface area contributed by atoms with Crippen molar-refractivity contribution in [1.82, 2.24) is 20.2 Å². The normalized spacial score (nSPS) is 11.5. The van der Waals surface area contributed by atoms with Crippen molar-refractivity contribution in [1.29, 1.82) is 0 Å². The summed E-state index contributed by atoms with van der Waals surface area (Å²) in [6.45, 7) is 2.02. The van der Waals surface area contributed by atoms with Crippen LogP contribution in [-0.4, -0.2) is 31.3 Å². The summed E-state index contributed by atoms with van der Waals surface area (Å²) in [6, 6.07) is 15.7. The van der Waals surface area contributed by atoms with Crippen LogP contribution in [-0.2, 0) is 0 Å². The molecule has 0 spiro atoms. The number of nitro benzene ring substituents is 1. The molecule has 0 unspecified atom stereocenters. The molecule has 0 atom stereocenters. The monoisotopic (exact) mass is 413 g/mol. The molecule has 2 N–H and O–H groups in total. The van der Waals surface area contributed by atoms with Gasteiger partial charge in [-0.2, -0.15) is 10.1 Å². The highest BCUT2D eigenvalue weighted by Gasteiger charge is 2.11. The smallest absolute Gasteiger partial charge is 0.270 e. The minimum absolute atomic E-state index is 0.00189. The van der Waals surface area contributed by atoms with Crippen LogP contribution in [0.3, 0.4) is 0 Å². The van der Waals surface area contributed by atoms with E-state index < -0.39 is 4.92 Å². The van der Waals surface area contributed by atoms with Gasteiger partial charge in [0, 0.05) is 28.6 Å². The number of benzene rings is 2. The predicted molar refractivity (Wildman–Crippen MR) is 116 cm³/mol. The van der Waals surface area contributed by atoms with Crippen LogP contribution in [0, 0.1) is 17.0 Å². The molecule has 0 amide bonds. The average molecular weight is 413 g/mol. The van der Waals surface area contributed by atoms with Gasteiger partial charge in [0.2, 0.25) is 0 Å². The number of hydrogen-bond donors (Lipinski definition) is 2. The molecule has 10 heteroatoms. The van der Waals surface area contributed by atoms with Crippen LogP contribution in [0.1, 0.15) is 11.3 Å². The molecule has 31 heavy (non-hydrogen) atoms. The maximum Gasteiger partial charge on any atom is 0.270 e. The lowest BCUT2D eigenvalue weighted by Crippen LogP contribution is -1.98. The van der Waals surface area contributed by atoms with E-state index >= 15 is 0 Å². The van der Waals surface area contributed by atoms with E-state index in [1.807, 2.05) is 25.1 Å². The van der Waals surface area contributed by atoms with Crippen LogP contribution in [0.4, 0.5) is 11.6 Å². The van der Waals surface area contributed by atoms with Crippen molar-refractivity contribution in [2.45, 2.75) is 6.92 Å². The highest BCUT2D eigenvalue weighted by atomic mass is 16.6. The van der Waals surface area contributed by atoms with Crippen molar-refractivity contribution < 1.29 is 9.34 Å². The van der Waals surface area contributed by atoms with Gasteiger partial charge in [0.05, 0.1) is 11.1 Å². The Morgan fingerprint density at radius 2 is 2.06 bits per heavy atom. The van der Waals surface area contributed by atoms with E-state index in [-0.39, 0.29) is 11.6 Å². The zero-order chi connectivity index (χ0) is 21.4. The summed E-state index contributed by atoms with van der Waals surface area (Å²) in [5.41, 5.74) is 6.71. The molecule has 5 aromatic rings. The average Bonchev–Trinajstić information content (AvgIpc) is 3.38. The fraction of sp³-hybridized carbons (Fsp3) is 0.0476. The molecule has 0 aliphatic heterocycles. The third-order valence-electron chi connectivity index (χ3n) is 4.69. The number of non-ortho nitro benzene ring substituents is 1. The molecular weight excluding hydrogens is 398 g/mol. The molecule has 10 nitrogen and oxygen atoms in total. The van der Waals surface area contributed by atoms with Gasteiger partial charge in [0.1, 0.15) is 17.0 Å². The second kappa shape index (κ2) is 7.34. The second-order valence-corrected chi connectivity index (χ2v) is 6.89. The summed E-state index contributed by atoms with van der Waals surface area (Å²) in [7, 11) is 0. The Balaban J connectivity index is 1.34. The van der Waals surface area contributed by atoms with Crippen LogP contribution in [0.25, 0.3) is 33.4 Å². The van der Waals surface area contributed by atoms with E-state index in [1.54, 1.807) is 24.3 Å². The van der Waals surface area contributed by atoms with Crippen molar-refractivity contribution in [2.24, 2.45) is 5.10 Å². The molecule has 0 bridgehead atoms. The van der Waals surface area contributed by atoms with E-state index in [0.29, 0.717) is 28.2 Å². The summed E-state index contributed by atoms with van der Waals surface area (Å²) in [5, 5.41) is 24.3. The van der Waals surface area contributed by atoms with Crippen molar-refractivity contribution >= 4 is 39.9 Å². The molecule has 0 fully saturated rings. The summed E-state index contributed by atoms with van der Waals surface area (Å²) < 4.78 is 5.69. The first-order chi connectivity index (χ1) is 15.1. The molecule has 0 radical (unpaired) electrons. The van der Waals surface area contributed by atoms with E-state index in [0.717, 1.165) is 16.5 Å². The van der Waals surface area contributed by atoms with Crippen LogP contribution >= 0.6 is 0 Å². The zero-order valence-corrected chi connectivity index (χ0v) is 16.2. The molecule has 3 aromatic heterocycles. The maximum absolute atomic E-state index is 10.9. The molecular formula is C21H15N7O3. The fourth-order valence-electron chi connectivity index (χ4n) is 3.24. The molecule has 2 aromatic carbocycles. The molecule has 3 heterocycles. The van der Waals surface area contributed by atoms with Gasteiger partial charge in [0.25, 0.3) is 11.6 Å². The van der Waals surface area contributed by atoms with Gasteiger partial charge in [-0.1, -0.05) is 23.8 Å². The minimum Gasteiger partial charge on any atom is -0.455 e. The Bertz CT molecular complexity index is 1470. The molecule has 0 aliphatic rings. The first-order valence-electron chi connectivity index (χ1n) is 9.33. The zero-order valence-electron chi connectivity index (χ0n) is 16.2. The number of rotatable bonds is 5. The van der Waals surface area contributed by atoms with Gasteiger partial charge in [-0.3, -0.25) is 10.1 Å². The van der Waals surface area contributed by atoms with Crippen LogP contribution < -0.4 is 5.43 Å².